The highest BCUT2D eigenvalue weighted by Crippen LogP contribution is 2.24. The summed E-state index contributed by atoms with van der Waals surface area (Å²) in [7, 11) is 0. The number of hydrogen-bond acceptors (Lipinski definition) is 3. The summed E-state index contributed by atoms with van der Waals surface area (Å²) in [6.45, 7) is 0. The lowest BCUT2D eigenvalue weighted by atomic mass is 10.2. The van der Waals surface area contributed by atoms with E-state index in [0.717, 1.165) is 18.2 Å². The molecule has 0 radical (unpaired) electrons. The molecule has 0 aliphatic heterocycles. The predicted octanol–water partition coefficient (Wildman–Crippen LogP) is 2.41. The van der Waals surface area contributed by atoms with Crippen LogP contribution in [-0.4, -0.2) is 9.60 Å². The molecule has 0 bridgehead atoms. The summed E-state index contributed by atoms with van der Waals surface area (Å²) in [5, 5.41) is 10.7. The molecule has 2 rings (SSSR count). The molecule has 5 nitrogen and oxygen atoms in total. The van der Waals surface area contributed by atoms with Crippen molar-refractivity contribution in [2.45, 2.75) is 0 Å². The number of rotatable bonds is 3. The van der Waals surface area contributed by atoms with Gasteiger partial charge >= 0.3 is 0 Å². The number of benzene rings is 1. The van der Waals surface area contributed by atoms with Gasteiger partial charge in [-0.2, -0.15) is 0 Å². The highest BCUT2D eigenvalue weighted by molar-refractivity contribution is 5.61. The van der Waals surface area contributed by atoms with Gasteiger partial charge in [0.05, 0.1) is 4.92 Å². The highest BCUT2D eigenvalue weighted by atomic mass is 19.1. The Labute approximate surface area is 90.2 Å². The van der Waals surface area contributed by atoms with Crippen LogP contribution in [0.5, 0.6) is 0 Å². The zero-order chi connectivity index (χ0) is 11.5. The van der Waals surface area contributed by atoms with Crippen LogP contribution in [0.3, 0.4) is 0 Å². The number of nitrogens with one attached hydrogen (secondary N) is 1. The number of halogens is 1. The summed E-state index contributed by atoms with van der Waals surface area (Å²) in [6, 6.07) is 6.76. The first-order valence-electron chi connectivity index (χ1n) is 4.51. The molecular weight excluding hydrogens is 213 g/mol. The molecule has 1 aromatic heterocycles. The third-order valence-electron chi connectivity index (χ3n) is 2.01. The number of hydrogen-bond donors (Lipinski definition) is 1. The molecule has 0 saturated heterocycles. The van der Waals surface area contributed by atoms with Gasteiger partial charge in [-0.1, -0.05) is 0 Å². The number of nitro groups is 1. The van der Waals surface area contributed by atoms with Crippen molar-refractivity contribution in [1.82, 2.24) is 4.68 Å². The van der Waals surface area contributed by atoms with E-state index in [-0.39, 0.29) is 11.4 Å². The summed E-state index contributed by atoms with van der Waals surface area (Å²) in [6.07, 6.45) is 3.32. The van der Waals surface area contributed by atoms with E-state index in [2.05, 4.69) is 5.43 Å². The third kappa shape index (κ3) is 2.00. The standard InChI is InChI=1S/C10H8FN3O2/c11-8-3-4-10(14(15)16)9(7-8)12-13-5-1-2-6-13/h1-7,12H. The molecule has 0 fully saturated rings. The minimum atomic E-state index is -0.564. The van der Waals surface area contributed by atoms with Gasteiger partial charge in [-0.3, -0.25) is 20.2 Å². The van der Waals surface area contributed by atoms with Crippen molar-refractivity contribution in [2.75, 3.05) is 5.43 Å². The summed E-state index contributed by atoms with van der Waals surface area (Å²) in [5.74, 6) is -0.528. The molecule has 0 saturated carbocycles. The fraction of sp³-hybridized carbons (Fsp3) is 0. The van der Waals surface area contributed by atoms with Crippen molar-refractivity contribution in [1.29, 1.82) is 0 Å². The molecular formula is C10H8FN3O2. The maximum absolute atomic E-state index is 13.0. The summed E-state index contributed by atoms with van der Waals surface area (Å²) in [4.78, 5) is 10.1. The second kappa shape index (κ2) is 4.01. The lowest BCUT2D eigenvalue weighted by molar-refractivity contribution is -0.384. The molecule has 0 spiro atoms. The zero-order valence-electron chi connectivity index (χ0n) is 8.13. The molecule has 0 amide bonds. The summed E-state index contributed by atoms with van der Waals surface area (Å²) >= 11 is 0. The first-order valence-corrected chi connectivity index (χ1v) is 4.51. The Morgan fingerprint density at radius 2 is 2.00 bits per heavy atom. The molecule has 0 aliphatic rings. The van der Waals surface area contributed by atoms with E-state index in [4.69, 9.17) is 0 Å². The van der Waals surface area contributed by atoms with Gasteiger partial charge in [0.25, 0.3) is 5.69 Å². The number of anilines is 1. The normalized spacial score (nSPS) is 10.1. The molecule has 0 atom stereocenters. The van der Waals surface area contributed by atoms with Gasteiger partial charge in [0, 0.05) is 24.5 Å². The number of aromatic nitrogens is 1. The smallest absolute Gasteiger partial charge is 0.288 e. The first-order chi connectivity index (χ1) is 7.66. The van der Waals surface area contributed by atoms with Crippen molar-refractivity contribution in [3.05, 3.63) is 58.7 Å². The zero-order valence-corrected chi connectivity index (χ0v) is 8.13. The van der Waals surface area contributed by atoms with Crippen molar-refractivity contribution in [2.24, 2.45) is 0 Å². The van der Waals surface area contributed by atoms with E-state index in [1.165, 1.54) is 4.68 Å². The lowest BCUT2D eigenvalue weighted by Crippen LogP contribution is -2.08. The largest absolute Gasteiger partial charge is 0.294 e. The molecule has 1 heterocycles. The minimum absolute atomic E-state index is 0.112. The molecule has 1 aromatic carbocycles. The number of nitro benzene ring substituents is 1. The maximum atomic E-state index is 13.0. The van der Waals surface area contributed by atoms with Crippen molar-refractivity contribution in [3.63, 3.8) is 0 Å². The van der Waals surface area contributed by atoms with Crippen LogP contribution in [0.4, 0.5) is 15.8 Å². The van der Waals surface area contributed by atoms with Gasteiger partial charge in [0.2, 0.25) is 0 Å². The van der Waals surface area contributed by atoms with Gasteiger partial charge in [-0.15, -0.1) is 0 Å². The third-order valence-corrected chi connectivity index (χ3v) is 2.01. The van der Waals surface area contributed by atoms with E-state index in [0.29, 0.717) is 0 Å². The quantitative estimate of drug-likeness (QED) is 0.639. The monoisotopic (exact) mass is 221 g/mol. The van der Waals surface area contributed by atoms with Crippen LogP contribution in [0, 0.1) is 15.9 Å². The fourth-order valence-corrected chi connectivity index (χ4v) is 1.31. The lowest BCUT2D eigenvalue weighted by Gasteiger charge is -2.07. The predicted molar refractivity (Wildman–Crippen MR) is 56.5 cm³/mol. The van der Waals surface area contributed by atoms with E-state index in [1.54, 1.807) is 24.5 Å². The fourth-order valence-electron chi connectivity index (χ4n) is 1.31. The van der Waals surface area contributed by atoms with Crippen LogP contribution >= 0.6 is 0 Å². The Bertz CT molecular complexity index is 511. The second-order valence-electron chi connectivity index (χ2n) is 3.12. The van der Waals surface area contributed by atoms with Crippen LogP contribution < -0.4 is 5.43 Å². The molecule has 2 aromatic rings. The Morgan fingerprint density at radius 3 is 2.62 bits per heavy atom. The summed E-state index contributed by atoms with van der Waals surface area (Å²) in [5.41, 5.74) is 2.65. The average Bonchev–Trinajstić information content (AvgIpc) is 2.70. The first kappa shape index (κ1) is 10.2. The minimum Gasteiger partial charge on any atom is -0.288 e. The molecule has 1 N–H and O–H groups in total. The van der Waals surface area contributed by atoms with Crippen LogP contribution in [-0.2, 0) is 0 Å². The van der Waals surface area contributed by atoms with Crippen LogP contribution in [0.2, 0.25) is 0 Å². The van der Waals surface area contributed by atoms with Gasteiger partial charge < -0.3 is 0 Å². The van der Waals surface area contributed by atoms with Crippen molar-refractivity contribution >= 4 is 11.4 Å². The Balaban J connectivity index is 2.38. The van der Waals surface area contributed by atoms with Crippen LogP contribution in [0.15, 0.2) is 42.7 Å². The number of nitrogens with zero attached hydrogens (tertiary/aromatic N) is 2. The van der Waals surface area contributed by atoms with E-state index in [1.807, 2.05) is 0 Å². The van der Waals surface area contributed by atoms with Gasteiger partial charge in [0.1, 0.15) is 11.5 Å². The Kier molecular flexibility index (Phi) is 2.55. The van der Waals surface area contributed by atoms with E-state index < -0.39 is 10.7 Å². The summed E-state index contributed by atoms with van der Waals surface area (Å²) < 4.78 is 14.5. The van der Waals surface area contributed by atoms with E-state index >= 15 is 0 Å². The molecule has 0 aliphatic carbocycles. The Hall–Kier alpha value is -2.37. The molecule has 16 heavy (non-hydrogen) atoms. The van der Waals surface area contributed by atoms with Gasteiger partial charge in [-0.05, 0) is 18.2 Å². The van der Waals surface area contributed by atoms with Gasteiger partial charge in [-0.25, -0.2) is 4.39 Å². The van der Waals surface area contributed by atoms with Gasteiger partial charge in [0.15, 0.2) is 0 Å². The SMILES string of the molecule is O=[N+]([O-])c1ccc(F)cc1Nn1cccc1. The highest BCUT2D eigenvalue weighted by Gasteiger charge is 2.14. The molecule has 82 valence electrons. The second-order valence-corrected chi connectivity index (χ2v) is 3.12. The molecule has 6 heteroatoms. The van der Waals surface area contributed by atoms with Crippen molar-refractivity contribution in [3.8, 4) is 0 Å². The topological polar surface area (TPSA) is 60.1 Å². The molecule has 0 unspecified atom stereocenters. The maximum Gasteiger partial charge on any atom is 0.294 e. The van der Waals surface area contributed by atoms with E-state index in [9.17, 15) is 14.5 Å². The average molecular weight is 221 g/mol. The van der Waals surface area contributed by atoms with Crippen LogP contribution in [0.25, 0.3) is 0 Å². The Morgan fingerprint density at radius 1 is 1.31 bits per heavy atom. The van der Waals surface area contributed by atoms with Crippen LogP contribution in [0.1, 0.15) is 0 Å². The van der Waals surface area contributed by atoms with Crippen molar-refractivity contribution < 1.29 is 9.31 Å².